The van der Waals surface area contributed by atoms with Gasteiger partial charge >= 0.3 is 0 Å². The topological polar surface area (TPSA) is 9.23 Å². The molecule has 2 aromatic rings. The second-order valence-corrected chi connectivity index (χ2v) is 8.27. The van der Waals surface area contributed by atoms with E-state index in [1.165, 1.54) is 27.7 Å². The number of nitrogens with zero attached hydrogens (tertiary/aromatic N) is 1. The van der Waals surface area contributed by atoms with E-state index in [-0.39, 0.29) is 0 Å². The van der Waals surface area contributed by atoms with Crippen LogP contribution in [0.3, 0.4) is 0 Å². The zero-order valence-electron chi connectivity index (χ0n) is 15.9. The lowest BCUT2D eigenvalue weighted by atomic mass is 9.71. The summed E-state index contributed by atoms with van der Waals surface area (Å²) in [7, 11) is 0. The molecule has 2 aromatic carbocycles. The van der Waals surface area contributed by atoms with E-state index in [1.807, 2.05) is 0 Å². The summed E-state index contributed by atoms with van der Waals surface area (Å²) < 4.78 is 6.93. The van der Waals surface area contributed by atoms with Crippen LogP contribution in [0.25, 0.3) is 6.08 Å². The van der Waals surface area contributed by atoms with Gasteiger partial charge in [0.1, 0.15) is 19.1 Å². The zero-order chi connectivity index (χ0) is 18.3. The second-order valence-electron chi connectivity index (χ2n) is 8.27. The minimum atomic E-state index is 0.454. The molecule has 3 atom stereocenters. The molecule has 2 heteroatoms. The predicted molar refractivity (Wildman–Crippen MR) is 110 cm³/mol. The van der Waals surface area contributed by atoms with Crippen molar-refractivity contribution in [1.29, 1.82) is 0 Å². The highest BCUT2D eigenvalue weighted by Gasteiger charge is 2.54. The van der Waals surface area contributed by atoms with Gasteiger partial charge in [-0.1, -0.05) is 60.7 Å². The van der Waals surface area contributed by atoms with Crippen molar-refractivity contribution in [2.45, 2.75) is 18.4 Å². The quantitative estimate of drug-likeness (QED) is 0.574. The highest BCUT2D eigenvalue weighted by molar-refractivity contribution is 5.65. The molecule has 0 N–H and O–H groups in total. The smallest absolute Gasteiger partial charge is 0.115 e. The lowest BCUT2D eigenvalue weighted by Crippen LogP contribution is -2.58. The number of morpholine rings is 1. The minimum Gasteiger partial charge on any atom is -0.370 e. The summed E-state index contributed by atoms with van der Waals surface area (Å²) in [6.45, 7) is 9.35. The van der Waals surface area contributed by atoms with Gasteiger partial charge in [-0.15, -0.1) is 6.58 Å². The molecule has 3 aliphatic rings. The summed E-state index contributed by atoms with van der Waals surface area (Å²) in [6, 6.07) is 20.7. The third kappa shape index (κ3) is 2.70. The van der Waals surface area contributed by atoms with Crippen LogP contribution in [0.4, 0.5) is 0 Å². The summed E-state index contributed by atoms with van der Waals surface area (Å²) in [5, 5.41) is 0. The zero-order valence-corrected chi connectivity index (χ0v) is 15.9. The van der Waals surface area contributed by atoms with Crippen LogP contribution < -0.4 is 0 Å². The first kappa shape index (κ1) is 17.0. The summed E-state index contributed by atoms with van der Waals surface area (Å²) in [6.07, 6.45) is 5.70. The summed E-state index contributed by atoms with van der Waals surface area (Å²) >= 11 is 0. The first-order valence-electron chi connectivity index (χ1n) is 10.2. The van der Waals surface area contributed by atoms with E-state index in [2.05, 4.69) is 73.3 Å². The van der Waals surface area contributed by atoms with Gasteiger partial charge in [0, 0.05) is 18.3 Å². The number of hydrogen-bond acceptors (Lipinski definition) is 1. The Hall–Kier alpha value is -2.16. The van der Waals surface area contributed by atoms with Gasteiger partial charge < -0.3 is 9.22 Å². The number of benzene rings is 2. The molecule has 0 aromatic heterocycles. The first-order chi connectivity index (χ1) is 13.3. The van der Waals surface area contributed by atoms with Gasteiger partial charge in [0.25, 0.3) is 0 Å². The Morgan fingerprint density at radius 2 is 1.74 bits per heavy atom. The van der Waals surface area contributed by atoms with Gasteiger partial charge in [-0.3, -0.25) is 0 Å². The lowest BCUT2D eigenvalue weighted by Gasteiger charge is -2.42. The third-order valence-electron chi connectivity index (χ3n) is 7.00. The van der Waals surface area contributed by atoms with Crippen molar-refractivity contribution in [2.24, 2.45) is 5.92 Å². The number of fused-ring (bicyclic) bond motifs is 2. The minimum absolute atomic E-state index is 0.454. The fourth-order valence-corrected chi connectivity index (χ4v) is 5.80. The largest absolute Gasteiger partial charge is 0.370 e. The van der Waals surface area contributed by atoms with Crippen molar-refractivity contribution in [1.82, 2.24) is 0 Å². The van der Waals surface area contributed by atoms with E-state index in [0.29, 0.717) is 17.9 Å². The number of hydrogen-bond donors (Lipinski definition) is 0. The molecule has 2 saturated heterocycles. The standard InChI is InChI=1S/C25H28NO/c1-2-8-24-22-17-20-11-6-7-12-21(20)25(19-9-4-3-5-10-19)23(22)18-26(24)13-15-27-16-14-26/h2-7,9-12,17,23-25H,1,8,13-16,18H2/q+1. The maximum Gasteiger partial charge on any atom is 0.115 e. The van der Waals surface area contributed by atoms with Gasteiger partial charge in [-0.2, -0.15) is 0 Å². The first-order valence-corrected chi connectivity index (χ1v) is 10.2. The lowest BCUT2D eigenvalue weighted by molar-refractivity contribution is -0.944. The predicted octanol–water partition coefficient (Wildman–Crippen LogP) is 4.64. The highest BCUT2D eigenvalue weighted by Crippen LogP contribution is 2.51. The number of ether oxygens (including phenoxy) is 1. The molecular weight excluding hydrogens is 330 g/mol. The SMILES string of the molecule is C=CCC1C2=Cc3ccccc3C(c3ccccc3)C2C[N+]12CCOCC2. The Morgan fingerprint density at radius 3 is 2.52 bits per heavy atom. The van der Waals surface area contributed by atoms with E-state index in [1.54, 1.807) is 5.57 Å². The van der Waals surface area contributed by atoms with E-state index in [0.717, 1.165) is 32.7 Å². The molecule has 2 aliphatic heterocycles. The molecule has 138 valence electrons. The van der Waals surface area contributed by atoms with Crippen LogP contribution >= 0.6 is 0 Å². The monoisotopic (exact) mass is 358 g/mol. The number of quaternary nitrogens is 1. The molecule has 0 bridgehead atoms. The summed E-state index contributed by atoms with van der Waals surface area (Å²) in [4.78, 5) is 0. The van der Waals surface area contributed by atoms with Crippen molar-refractivity contribution in [3.8, 4) is 0 Å². The molecule has 2 heterocycles. The van der Waals surface area contributed by atoms with Gasteiger partial charge in [-0.25, -0.2) is 0 Å². The molecule has 5 rings (SSSR count). The van der Waals surface area contributed by atoms with Crippen molar-refractivity contribution in [2.75, 3.05) is 32.8 Å². The van der Waals surface area contributed by atoms with E-state index in [9.17, 15) is 0 Å². The molecule has 2 fully saturated rings. The fourth-order valence-electron chi connectivity index (χ4n) is 5.80. The number of rotatable bonds is 3. The van der Waals surface area contributed by atoms with Crippen LogP contribution in [-0.4, -0.2) is 43.4 Å². The Morgan fingerprint density at radius 1 is 1.00 bits per heavy atom. The summed E-state index contributed by atoms with van der Waals surface area (Å²) in [5.41, 5.74) is 5.98. The average Bonchev–Trinajstić information content (AvgIpc) is 3.00. The van der Waals surface area contributed by atoms with Crippen LogP contribution in [0.15, 0.2) is 72.8 Å². The molecule has 2 nitrogen and oxygen atoms in total. The van der Waals surface area contributed by atoms with Gasteiger partial charge in [0.2, 0.25) is 0 Å². The molecule has 0 saturated carbocycles. The second kappa shape index (κ2) is 6.78. The van der Waals surface area contributed by atoms with E-state index >= 15 is 0 Å². The maximum atomic E-state index is 5.75. The Balaban J connectivity index is 1.66. The molecule has 3 unspecified atom stereocenters. The molecule has 0 radical (unpaired) electrons. The van der Waals surface area contributed by atoms with Crippen molar-refractivity contribution < 1.29 is 9.22 Å². The van der Waals surface area contributed by atoms with Crippen LogP contribution in [0.2, 0.25) is 0 Å². The maximum absolute atomic E-state index is 5.75. The van der Waals surface area contributed by atoms with Crippen molar-refractivity contribution in [3.05, 3.63) is 89.5 Å². The molecule has 0 amide bonds. The van der Waals surface area contributed by atoms with Gasteiger partial charge in [-0.05, 0) is 28.3 Å². The molecular formula is C25H28NO+. The van der Waals surface area contributed by atoms with Crippen molar-refractivity contribution >= 4 is 6.08 Å². The molecule has 27 heavy (non-hydrogen) atoms. The normalized spacial score (nSPS) is 28.3. The van der Waals surface area contributed by atoms with Crippen LogP contribution in [0.5, 0.6) is 0 Å². The van der Waals surface area contributed by atoms with E-state index in [4.69, 9.17) is 4.74 Å². The molecule has 1 aliphatic carbocycles. The van der Waals surface area contributed by atoms with Gasteiger partial charge in [0.05, 0.1) is 19.8 Å². The Bertz CT molecular complexity index is 863. The average molecular weight is 359 g/mol. The fraction of sp³-hybridized carbons (Fsp3) is 0.360. The summed E-state index contributed by atoms with van der Waals surface area (Å²) in [5.74, 6) is 1.03. The Labute approximate surface area is 162 Å². The van der Waals surface area contributed by atoms with Crippen LogP contribution in [0, 0.1) is 5.92 Å². The van der Waals surface area contributed by atoms with Crippen LogP contribution in [0.1, 0.15) is 29.0 Å². The van der Waals surface area contributed by atoms with Crippen LogP contribution in [-0.2, 0) is 4.74 Å². The van der Waals surface area contributed by atoms with E-state index < -0.39 is 0 Å². The Kier molecular flexibility index (Phi) is 4.26. The molecule has 1 spiro atoms. The van der Waals surface area contributed by atoms with Gasteiger partial charge in [0.15, 0.2) is 0 Å². The third-order valence-corrected chi connectivity index (χ3v) is 7.00. The van der Waals surface area contributed by atoms with Crippen molar-refractivity contribution in [3.63, 3.8) is 0 Å². The highest BCUT2D eigenvalue weighted by atomic mass is 16.5.